The second kappa shape index (κ2) is 9.20. The van der Waals surface area contributed by atoms with E-state index >= 15 is 0 Å². The van der Waals surface area contributed by atoms with Crippen molar-refractivity contribution in [3.05, 3.63) is 60.2 Å². The summed E-state index contributed by atoms with van der Waals surface area (Å²) < 4.78 is 22.6. The van der Waals surface area contributed by atoms with Crippen LogP contribution in [-0.2, 0) is 36.9 Å². The molecule has 2 aliphatic heterocycles. The Balaban J connectivity index is 1.19. The average molecular weight is 385 g/mol. The molecule has 8 heteroatoms. The number of hydrogen-bond donors (Lipinski definition) is 1. The van der Waals surface area contributed by atoms with Crippen molar-refractivity contribution in [2.75, 3.05) is 19.8 Å². The van der Waals surface area contributed by atoms with E-state index in [1.54, 1.807) is 18.5 Å². The Kier molecular flexibility index (Phi) is 6.23. The molecule has 0 unspecified atom stereocenters. The van der Waals surface area contributed by atoms with Crippen molar-refractivity contribution >= 4 is 5.97 Å². The quantitative estimate of drug-likeness (QED) is 0.669. The molecular formula is C20H23N3O5. The Bertz CT molecular complexity index is 761. The third-order valence-electron chi connectivity index (χ3n) is 4.80. The van der Waals surface area contributed by atoms with E-state index in [9.17, 15) is 4.79 Å². The summed E-state index contributed by atoms with van der Waals surface area (Å²) in [5, 5.41) is 3.43. The molecule has 0 spiro atoms. The van der Waals surface area contributed by atoms with Gasteiger partial charge < -0.3 is 24.3 Å². The zero-order valence-electron chi connectivity index (χ0n) is 15.4. The van der Waals surface area contributed by atoms with Gasteiger partial charge >= 0.3 is 5.97 Å². The molecule has 0 radical (unpaired) electrons. The van der Waals surface area contributed by atoms with Crippen LogP contribution in [0.3, 0.4) is 0 Å². The van der Waals surface area contributed by atoms with Crippen molar-refractivity contribution in [1.82, 2.24) is 15.3 Å². The number of nitrogens with one attached hydrogen (secondary N) is 1. The number of rotatable bonds is 8. The number of pyridine rings is 2. The maximum absolute atomic E-state index is 11.9. The Labute approximate surface area is 163 Å². The molecule has 2 aliphatic rings. The molecule has 4 atom stereocenters. The van der Waals surface area contributed by atoms with Gasteiger partial charge in [-0.05, 0) is 24.3 Å². The summed E-state index contributed by atoms with van der Waals surface area (Å²) in [5.74, 6) is -0.433. The van der Waals surface area contributed by atoms with Gasteiger partial charge in [0.25, 0.3) is 0 Å². The SMILES string of the molecule is O=C(CO[C@@H]1CO[C@H]2[C@@H]1OC[C@@H]2NCc1ccccn1)OCc1ccccn1. The first-order valence-electron chi connectivity index (χ1n) is 9.33. The maximum Gasteiger partial charge on any atom is 0.332 e. The summed E-state index contributed by atoms with van der Waals surface area (Å²) >= 11 is 0. The number of carbonyl (C=O) groups is 1. The molecule has 0 amide bonds. The van der Waals surface area contributed by atoms with Gasteiger partial charge in [-0.1, -0.05) is 12.1 Å². The van der Waals surface area contributed by atoms with Crippen LogP contribution in [0, 0.1) is 0 Å². The molecule has 2 aromatic rings. The summed E-state index contributed by atoms with van der Waals surface area (Å²) in [7, 11) is 0. The summed E-state index contributed by atoms with van der Waals surface area (Å²) in [6.07, 6.45) is 2.86. The van der Waals surface area contributed by atoms with Crippen LogP contribution >= 0.6 is 0 Å². The summed E-state index contributed by atoms with van der Waals surface area (Å²) in [5.41, 5.74) is 1.66. The highest BCUT2D eigenvalue weighted by molar-refractivity contribution is 5.70. The molecule has 2 aromatic heterocycles. The van der Waals surface area contributed by atoms with Crippen molar-refractivity contribution in [3.8, 4) is 0 Å². The van der Waals surface area contributed by atoms with E-state index < -0.39 is 5.97 Å². The van der Waals surface area contributed by atoms with Gasteiger partial charge in [0.05, 0.1) is 30.6 Å². The van der Waals surface area contributed by atoms with Crippen LogP contribution < -0.4 is 5.32 Å². The molecule has 148 valence electrons. The number of carbonyl (C=O) groups excluding carboxylic acids is 1. The number of aromatic nitrogens is 2. The molecule has 2 fully saturated rings. The number of esters is 1. The highest BCUT2D eigenvalue weighted by atomic mass is 16.6. The lowest BCUT2D eigenvalue weighted by Crippen LogP contribution is -2.41. The standard InChI is InChI=1S/C20H23N3O5/c24-18(26-10-15-6-2-4-8-22-15)13-25-17-12-28-19-16(11-27-20(17)19)23-9-14-5-1-3-7-21-14/h1-8,16-17,19-20,23H,9-13H2/t16-,17+,19+,20+/m0/s1. The lowest BCUT2D eigenvalue weighted by molar-refractivity contribution is -0.154. The average Bonchev–Trinajstić information content (AvgIpc) is 3.33. The zero-order chi connectivity index (χ0) is 19.2. The van der Waals surface area contributed by atoms with Gasteiger partial charge in [0.15, 0.2) is 0 Å². The van der Waals surface area contributed by atoms with Crippen molar-refractivity contribution < 1.29 is 23.7 Å². The van der Waals surface area contributed by atoms with Crippen molar-refractivity contribution in [3.63, 3.8) is 0 Å². The molecule has 4 heterocycles. The first kappa shape index (κ1) is 18.9. The van der Waals surface area contributed by atoms with Crippen LogP contribution in [0.1, 0.15) is 11.4 Å². The molecule has 28 heavy (non-hydrogen) atoms. The minimum absolute atomic E-state index is 0.0664. The largest absolute Gasteiger partial charge is 0.457 e. The molecule has 0 aliphatic carbocycles. The second-order valence-corrected chi connectivity index (χ2v) is 6.74. The van der Waals surface area contributed by atoms with Crippen LogP contribution in [-0.4, -0.2) is 60.1 Å². The maximum atomic E-state index is 11.9. The third kappa shape index (κ3) is 4.71. The van der Waals surface area contributed by atoms with Gasteiger partial charge in [-0.2, -0.15) is 0 Å². The normalized spacial score (nSPS) is 26.1. The first-order valence-corrected chi connectivity index (χ1v) is 9.33. The Hall–Kier alpha value is -2.39. The van der Waals surface area contributed by atoms with E-state index in [0.717, 1.165) is 5.69 Å². The Morgan fingerprint density at radius 3 is 2.54 bits per heavy atom. The number of ether oxygens (including phenoxy) is 4. The van der Waals surface area contributed by atoms with E-state index in [1.165, 1.54) is 0 Å². The fourth-order valence-corrected chi connectivity index (χ4v) is 3.38. The van der Waals surface area contributed by atoms with Crippen molar-refractivity contribution in [1.29, 1.82) is 0 Å². The van der Waals surface area contributed by atoms with Crippen LogP contribution in [0.2, 0.25) is 0 Å². The molecule has 8 nitrogen and oxygen atoms in total. The smallest absolute Gasteiger partial charge is 0.332 e. The van der Waals surface area contributed by atoms with Gasteiger partial charge in [0.1, 0.15) is 31.5 Å². The number of fused-ring (bicyclic) bond motifs is 1. The highest BCUT2D eigenvalue weighted by Gasteiger charge is 2.48. The third-order valence-corrected chi connectivity index (χ3v) is 4.80. The number of nitrogens with zero attached hydrogens (tertiary/aromatic N) is 2. The fraction of sp³-hybridized carbons (Fsp3) is 0.450. The monoisotopic (exact) mass is 385 g/mol. The summed E-state index contributed by atoms with van der Waals surface area (Å²) in [6, 6.07) is 11.3. The lowest BCUT2D eigenvalue weighted by Gasteiger charge is -2.17. The zero-order valence-corrected chi connectivity index (χ0v) is 15.4. The van der Waals surface area contributed by atoms with Gasteiger partial charge in [0, 0.05) is 18.9 Å². The minimum Gasteiger partial charge on any atom is -0.457 e. The second-order valence-electron chi connectivity index (χ2n) is 6.74. The molecular weight excluding hydrogens is 362 g/mol. The van der Waals surface area contributed by atoms with E-state index in [1.807, 2.05) is 30.3 Å². The fourth-order valence-electron chi connectivity index (χ4n) is 3.38. The van der Waals surface area contributed by atoms with E-state index in [4.69, 9.17) is 18.9 Å². The summed E-state index contributed by atoms with van der Waals surface area (Å²) in [6.45, 7) is 1.56. The Morgan fingerprint density at radius 2 is 1.79 bits per heavy atom. The van der Waals surface area contributed by atoms with Gasteiger partial charge in [-0.25, -0.2) is 4.79 Å². The molecule has 0 aromatic carbocycles. The lowest BCUT2D eigenvalue weighted by atomic mass is 10.1. The highest BCUT2D eigenvalue weighted by Crippen LogP contribution is 2.29. The van der Waals surface area contributed by atoms with Crippen molar-refractivity contribution in [2.24, 2.45) is 0 Å². The van der Waals surface area contributed by atoms with Crippen LogP contribution in [0.25, 0.3) is 0 Å². The molecule has 0 saturated carbocycles. The summed E-state index contributed by atoms with van der Waals surface area (Å²) in [4.78, 5) is 20.3. The van der Waals surface area contributed by atoms with E-state index in [2.05, 4.69) is 15.3 Å². The minimum atomic E-state index is -0.433. The molecule has 4 rings (SSSR count). The van der Waals surface area contributed by atoms with Crippen LogP contribution in [0.15, 0.2) is 48.8 Å². The van der Waals surface area contributed by atoms with Gasteiger partial charge in [-0.3, -0.25) is 9.97 Å². The topological polar surface area (TPSA) is 91.8 Å². The first-order chi connectivity index (χ1) is 13.8. The Morgan fingerprint density at radius 1 is 1.04 bits per heavy atom. The predicted octanol–water partition coefficient (Wildman–Crippen LogP) is 0.861. The van der Waals surface area contributed by atoms with Crippen LogP contribution in [0.4, 0.5) is 0 Å². The van der Waals surface area contributed by atoms with E-state index in [-0.39, 0.29) is 37.6 Å². The molecule has 0 bridgehead atoms. The van der Waals surface area contributed by atoms with Gasteiger partial charge in [-0.15, -0.1) is 0 Å². The predicted molar refractivity (Wildman–Crippen MR) is 98.1 cm³/mol. The van der Waals surface area contributed by atoms with E-state index in [0.29, 0.717) is 25.5 Å². The number of hydrogen-bond acceptors (Lipinski definition) is 8. The van der Waals surface area contributed by atoms with Crippen LogP contribution in [0.5, 0.6) is 0 Å². The van der Waals surface area contributed by atoms with Crippen molar-refractivity contribution in [2.45, 2.75) is 37.5 Å². The molecule has 2 saturated heterocycles. The molecule has 1 N–H and O–H groups in total. The van der Waals surface area contributed by atoms with Gasteiger partial charge in [0.2, 0.25) is 0 Å².